The van der Waals surface area contributed by atoms with Crippen LogP contribution in [-0.2, 0) is 4.79 Å². The van der Waals surface area contributed by atoms with E-state index in [1.807, 2.05) is 0 Å². The molecule has 0 aromatic heterocycles. The Kier molecular flexibility index (Phi) is 5.15. The van der Waals surface area contributed by atoms with Crippen LogP contribution in [0.25, 0.3) is 0 Å². The van der Waals surface area contributed by atoms with Gasteiger partial charge >= 0.3 is 0 Å². The zero-order chi connectivity index (χ0) is 17.6. The molecule has 3 rings (SSSR count). The Morgan fingerprint density at radius 1 is 1.00 bits per heavy atom. The van der Waals surface area contributed by atoms with Crippen molar-refractivity contribution < 1.29 is 19.1 Å². The standard InChI is InChI=1S/C18H19N3O4/c19-9-3-6-17(22)20-13-4-1-2-5-14(13)21-18(23)12-7-8-15-16(10-12)25-11-24-15/h1-2,4-5,7-8,10H,3,6,9,11,19H2,(H,20,22)(H,21,23). The summed E-state index contributed by atoms with van der Waals surface area (Å²) in [5.74, 6) is 0.706. The summed E-state index contributed by atoms with van der Waals surface area (Å²) in [6, 6.07) is 12.0. The van der Waals surface area contributed by atoms with Gasteiger partial charge in [-0.15, -0.1) is 0 Å². The third kappa shape index (κ3) is 4.07. The third-order valence-corrected chi connectivity index (χ3v) is 3.69. The minimum absolute atomic E-state index is 0.143. The van der Waals surface area contributed by atoms with Crippen molar-refractivity contribution in [3.05, 3.63) is 48.0 Å². The molecule has 2 aromatic carbocycles. The summed E-state index contributed by atoms with van der Waals surface area (Å²) < 4.78 is 10.5. The summed E-state index contributed by atoms with van der Waals surface area (Å²) in [7, 11) is 0. The number of hydrogen-bond acceptors (Lipinski definition) is 5. The molecule has 0 spiro atoms. The maximum Gasteiger partial charge on any atom is 0.255 e. The van der Waals surface area contributed by atoms with E-state index in [-0.39, 0.29) is 18.6 Å². The molecule has 0 saturated carbocycles. The third-order valence-electron chi connectivity index (χ3n) is 3.69. The van der Waals surface area contributed by atoms with Gasteiger partial charge in [-0.2, -0.15) is 0 Å². The monoisotopic (exact) mass is 341 g/mol. The van der Waals surface area contributed by atoms with Gasteiger partial charge < -0.3 is 25.8 Å². The molecule has 0 unspecified atom stereocenters. The fourth-order valence-corrected chi connectivity index (χ4v) is 2.41. The van der Waals surface area contributed by atoms with E-state index in [2.05, 4.69) is 10.6 Å². The van der Waals surface area contributed by atoms with Gasteiger partial charge in [-0.05, 0) is 43.3 Å². The summed E-state index contributed by atoms with van der Waals surface area (Å²) in [5, 5.41) is 5.59. The van der Waals surface area contributed by atoms with Gasteiger partial charge in [0.15, 0.2) is 11.5 Å². The number of nitrogens with two attached hydrogens (primary N) is 1. The quantitative estimate of drug-likeness (QED) is 0.748. The normalized spacial score (nSPS) is 11.9. The topological polar surface area (TPSA) is 103 Å². The smallest absolute Gasteiger partial charge is 0.255 e. The van der Waals surface area contributed by atoms with Crippen LogP contribution in [0.15, 0.2) is 42.5 Å². The Morgan fingerprint density at radius 2 is 1.72 bits per heavy atom. The van der Waals surface area contributed by atoms with Crippen molar-refractivity contribution >= 4 is 23.2 Å². The molecule has 4 N–H and O–H groups in total. The summed E-state index contributed by atoms with van der Waals surface area (Å²) in [6.45, 7) is 0.605. The summed E-state index contributed by atoms with van der Waals surface area (Å²) in [4.78, 5) is 24.4. The molecule has 1 heterocycles. The second-order valence-corrected chi connectivity index (χ2v) is 5.51. The van der Waals surface area contributed by atoms with Crippen molar-refractivity contribution in [3.8, 4) is 11.5 Å². The average molecular weight is 341 g/mol. The zero-order valence-electron chi connectivity index (χ0n) is 13.6. The van der Waals surface area contributed by atoms with Crippen molar-refractivity contribution in [1.29, 1.82) is 0 Å². The van der Waals surface area contributed by atoms with Gasteiger partial charge in [0.25, 0.3) is 5.91 Å². The number of hydrogen-bond donors (Lipinski definition) is 3. The number of amides is 2. The number of carbonyl (C=O) groups excluding carboxylic acids is 2. The Balaban J connectivity index is 1.72. The second kappa shape index (κ2) is 7.67. The molecular formula is C18H19N3O4. The van der Waals surface area contributed by atoms with Gasteiger partial charge in [0.1, 0.15) is 0 Å². The zero-order valence-corrected chi connectivity index (χ0v) is 13.6. The van der Waals surface area contributed by atoms with E-state index < -0.39 is 0 Å². The number of benzene rings is 2. The molecule has 2 aromatic rings. The van der Waals surface area contributed by atoms with Crippen molar-refractivity contribution in [1.82, 2.24) is 0 Å². The van der Waals surface area contributed by atoms with Crippen LogP contribution >= 0.6 is 0 Å². The van der Waals surface area contributed by atoms with Crippen LogP contribution < -0.4 is 25.8 Å². The van der Waals surface area contributed by atoms with E-state index in [0.717, 1.165) is 0 Å². The largest absolute Gasteiger partial charge is 0.454 e. The lowest BCUT2D eigenvalue weighted by Gasteiger charge is -2.12. The first kappa shape index (κ1) is 16.8. The van der Waals surface area contributed by atoms with E-state index in [9.17, 15) is 9.59 Å². The van der Waals surface area contributed by atoms with E-state index >= 15 is 0 Å². The van der Waals surface area contributed by atoms with E-state index in [4.69, 9.17) is 15.2 Å². The molecule has 0 saturated heterocycles. The molecule has 1 aliphatic rings. The fourth-order valence-electron chi connectivity index (χ4n) is 2.41. The highest BCUT2D eigenvalue weighted by molar-refractivity contribution is 6.07. The van der Waals surface area contributed by atoms with Crippen LogP contribution in [0.2, 0.25) is 0 Å². The molecule has 1 aliphatic heterocycles. The lowest BCUT2D eigenvalue weighted by Crippen LogP contribution is -2.17. The molecule has 25 heavy (non-hydrogen) atoms. The molecule has 0 atom stereocenters. The number of nitrogens with one attached hydrogen (secondary N) is 2. The van der Waals surface area contributed by atoms with Crippen molar-refractivity contribution in [2.24, 2.45) is 5.73 Å². The van der Waals surface area contributed by atoms with Crippen LogP contribution in [0.4, 0.5) is 11.4 Å². The fraction of sp³-hybridized carbons (Fsp3) is 0.222. The summed E-state index contributed by atoms with van der Waals surface area (Å²) in [6.07, 6.45) is 0.943. The minimum atomic E-state index is -0.304. The maximum absolute atomic E-state index is 12.5. The first-order valence-corrected chi connectivity index (χ1v) is 7.97. The first-order valence-electron chi connectivity index (χ1n) is 7.97. The Labute approximate surface area is 145 Å². The minimum Gasteiger partial charge on any atom is -0.454 e. The van der Waals surface area contributed by atoms with E-state index in [0.29, 0.717) is 47.8 Å². The number of anilines is 2. The molecule has 0 fully saturated rings. The molecule has 7 nitrogen and oxygen atoms in total. The number of carbonyl (C=O) groups is 2. The summed E-state index contributed by atoms with van der Waals surface area (Å²) >= 11 is 0. The highest BCUT2D eigenvalue weighted by atomic mass is 16.7. The van der Waals surface area contributed by atoms with E-state index in [1.54, 1.807) is 42.5 Å². The molecule has 130 valence electrons. The maximum atomic E-state index is 12.5. The van der Waals surface area contributed by atoms with Crippen molar-refractivity contribution in [3.63, 3.8) is 0 Å². The molecule has 2 amide bonds. The van der Waals surface area contributed by atoms with Crippen molar-refractivity contribution in [2.45, 2.75) is 12.8 Å². The van der Waals surface area contributed by atoms with Crippen LogP contribution in [0, 0.1) is 0 Å². The van der Waals surface area contributed by atoms with Gasteiger partial charge in [-0.3, -0.25) is 9.59 Å². The van der Waals surface area contributed by atoms with Crippen molar-refractivity contribution in [2.75, 3.05) is 24.0 Å². The number of fused-ring (bicyclic) bond motifs is 1. The Hall–Kier alpha value is -3.06. The lowest BCUT2D eigenvalue weighted by atomic mass is 10.1. The molecule has 0 aliphatic carbocycles. The van der Waals surface area contributed by atoms with Gasteiger partial charge in [0.2, 0.25) is 12.7 Å². The molecule has 7 heteroatoms. The van der Waals surface area contributed by atoms with E-state index in [1.165, 1.54) is 0 Å². The van der Waals surface area contributed by atoms with Crippen LogP contribution in [-0.4, -0.2) is 25.2 Å². The Morgan fingerprint density at radius 3 is 2.48 bits per heavy atom. The van der Waals surface area contributed by atoms with Crippen LogP contribution in [0.5, 0.6) is 11.5 Å². The molecule has 0 bridgehead atoms. The number of ether oxygens (including phenoxy) is 2. The first-order chi connectivity index (χ1) is 12.2. The Bertz CT molecular complexity index is 792. The number of para-hydroxylation sites is 2. The number of rotatable bonds is 6. The van der Waals surface area contributed by atoms with Crippen LogP contribution in [0.3, 0.4) is 0 Å². The average Bonchev–Trinajstić information content (AvgIpc) is 3.09. The van der Waals surface area contributed by atoms with Gasteiger partial charge in [-0.25, -0.2) is 0 Å². The van der Waals surface area contributed by atoms with Gasteiger partial charge in [-0.1, -0.05) is 12.1 Å². The molecule has 0 radical (unpaired) electrons. The van der Waals surface area contributed by atoms with Gasteiger partial charge in [0, 0.05) is 12.0 Å². The summed E-state index contributed by atoms with van der Waals surface area (Å²) in [5.41, 5.74) is 6.91. The molecular weight excluding hydrogens is 322 g/mol. The predicted octanol–water partition coefficient (Wildman–Crippen LogP) is 2.34. The highest BCUT2D eigenvalue weighted by Gasteiger charge is 2.17. The second-order valence-electron chi connectivity index (χ2n) is 5.51. The predicted molar refractivity (Wildman–Crippen MR) is 93.9 cm³/mol. The SMILES string of the molecule is NCCCC(=O)Nc1ccccc1NC(=O)c1ccc2c(c1)OCO2. The van der Waals surface area contributed by atoms with Gasteiger partial charge in [0.05, 0.1) is 11.4 Å². The highest BCUT2D eigenvalue weighted by Crippen LogP contribution is 2.33. The van der Waals surface area contributed by atoms with Crippen LogP contribution in [0.1, 0.15) is 23.2 Å². The lowest BCUT2D eigenvalue weighted by molar-refractivity contribution is -0.116.